The summed E-state index contributed by atoms with van der Waals surface area (Å²) >= 11 is 0. The third-order valence-corrected chi connectivity index (χ3v) is 5.68. The summed E-state index contributed by atoms with van der Waals surface area (Å²) in [4.78, 5) is 29.0. The average Bonchev–Trinajstić information content (AvgIpc) is 3.13. The normalized spacial score (nSPS) is 11.4. The second-order valence-corrected chi connectivity index (χ2v) is 8.37. The lowest BCUT2D eigenvalue weighted by atomic mass is 9.96. The first-order valence-electron chi connectivity index (χ1n) is 10.9. The molecule has 1 amide bonds. The van der Waals surface area contributed by atoms with Crippen molar-refractivity contribution in [1.82, 2.24) is 10.3 Å². The van der Waals surface area contributed by atoms with Gasteiger partial charge in [-0.25, -0.2) is 0 Å². The number of aromatic nitrogens is 1. The molecule has 0 aliphatic heterocycles. The van der Waals surface area contributed by atoms with E-state index in [9.17, 15) is 9.59 Å². The molecule has 0 bridgehead atoms. The smallest absolute Gasteiger partial charge is 0.251 e. The van der Waals surface area contributed by atoms with Crippen molar-refractivity contribution in [2.75, 3.05) is 0 Å². The predicted octanol–water partition coefficient (Wildman–Crippen LogP) is 6.04. The summed E-state index contributed by atoms with van der Waals surface area (Å²) in [6, 6.07) is 19.9. The maximum Gasteiger partial charge on any atom is 0.251 e. The molecule has 0 aliphatic carbocycles. The van der Waals surface area contributed by atoms with Gasteiger partial charge in [-0.05, 0) is 41.0 Å². The predicted molar refractivity (Wildman–Crippen MR) is 127 cm³/mol. The van der Waals surface area contributed by atoms with Gasteiger partial charge < -0.3 is 10.3 Å². The molecule has 1 heterocycles. The van der Waals surface area contributed by atoms with Crippen molar-refractivity contribution in [3.63, 3.8) is 0 Å². The summed E-state index contributed by atoms with van der Waals surface area (Å²) in [5.41, 5.74) is 4.22. The minimum absolute atomic E-state index is 0.0699. The molecule has 0 spiro atoms. The number of carbonyl (C=O) groups is 2. The van der Waals surface area contributed by atoms with Gasteiger partial charge in [0.2, 0.25) is 0 Å². The lowest BCUT2D eigenvalue weighted by molar-refractivity contribution is 0.0936. The number of aryl methyl sites for hydroxylation is 1. The monoisotopic (exact) mass is 412 g/mol. The highest BCUT2D eigenvalue weighted by molar-refractivity contribution is 6.11. The van der Waals surface area contributed by atoms with Crippen LogP contribution >= 0.6 is 0 Å². The molecule has 0 aliphatic rings. The van der Waals surface area contributed by atoms with E-state index in [2.05, 4.69) is 41.5 Å². The van der Waals surface area contributed by atoms with E-state index in [0.717, 1.165) is 46.0 Å². The number of hydrogen-bond donors (Lipinski definition) is 2. The molecular formula is C27H28N2O2. The van der Waals surface area contributed by atoms with E-state index in [1.807, 2.05) is 44.2 Å². The quantitative estimate of drug-likeness (QED) is 0.363. The van der Waals surface area contributed by atoms with E-state index in [0.29, 0.717) is 12.1 Å². The van der Waals surface area contributed by atoms with Crippen LogP contribution in [0.5, 0.6) is 0 Å². The van der Waals surface area contributed by atoms with Crippen molar-refractivity contribution in [3.05, 3.63) is 83.0 Å². The largest absolute Gasteiger partial charge is 0.358 e. The standard InChI is InChI=1S/C27H28N2O2/c1-4-7-23-25(26(30)17(2)3)22-13-12-21(15-24(22)29-23)27(31)28-16-18-10-11-19-8-5-6-9-20(19)14-18/h5-6,8-15,17,29H,4,7,16H2,1-3H3,(H,28,31). The fourth-order valence-corrected chi connectivity index (χ4v) is 4.04. The number of nitrogens with one attached hydrogen (secondary N) is 2. The van der Waals surface area contributed by atoms with E-state index in [1.165, 1.54) is 5.39 Å². The first-order chi connectivity index (χ1) is 15.0. The number of benzene rings is 3. The minimum Gasteiger partial charge on any atom is -0.358 e. The van der Waals surface area contributed by atoms with Crippen molar-refractivity contribution in [1.29, 1.82) is 0 Å². The van der Waals surface area contributed by atoms with Gasteiger partial charge in [0.05, 0.1) is 0 Å². The zero-order valence-electron chi connectivity index (χ0n) is 18.3. The number of carbonyl (C=O) groups excluding carboxylic acids is 2. The van der Waals surface area contributed by atoms with Crippen LogP contribution in [0.3, 0.4) is 0 Å². The molecule has 1 aromatic heterocycles. The number of ketones is 1. The Morgan fingerprint density at radius 1 is 0.968 bits per heavy atom. The fourth-order valence-electron chi connectivity index (χ4n) is 4.04. The highest BCUT2D eigenvalue weighted by Gasteiger charge is 2.21. The highest BCUT2D eigenvalue weighted by atomic mass is 16.1. The molecule has 3 aromatic carbocycles. The van der Waals surface area contributed by atoms with Gasteiger partial charge in [-0.1, -0.05) is 69.7 Å². The Balaban J connectivity index is 1.57. The summed E-state index contributed by atoms with van der Waals surface area (Å²) < 4.78 is 0. The molecule has 0 saturated heterocycles. The molecule has 4 nitrogen and oxygen atoms in total. The van der Waals surface area contributed by atoms with Gasteiger partial charge >= 0.3 is 0 Å². The molecule has 0 radical (unpaired) electrons. The molecule has 0 unspecified atom stereocenters. The summed E-state index contributed by atoms with van der Waals surface area (Å²) in [6.07, 6.45) is 1.76. The van der Waals surface area contributed by atoms with Crippen molar-refractivity contribution in [3.8, 4) is 0 Å². The van der Waals surface area contributed by atoms with Crippen LogP contribution in [0.4, 0.5) is 0 Å². The van der Waals surface area contributed by atoms with E-state index < -0.39 is 0 Å². The number of Topliss-reactive ketones (excluding diaryl/α,β-unsaturated/α-hetero) is 1. The Morgan fingerprint density at radius 2 is 1.74 bits per heavy atom. The van der Waals surface area contributed by atoms with Crippen LogP contribution in [-0.4, -0.2) is 16.7 Å². The first-order valence-corrected chi connectivity index (χ1v) is 10.9. The van der Waals surface area contributed by atoms with Gasteiger partial charge in [-0.2, -0.15) is 0 Å². The maximum absolute atomic E-state index is 12.8. The number of fused-ring (bicyclic) bond motifs is 2. The first kappa shape index (κ1) is 20.9. The van der Waals surface area contributed by atoms with Crippen molar-refractivity contribution < 1.29 is 9.59 Å². The van der Waals surface area contributed by atoms with Gasteiger partial charge in [0.15, 0.2) is 5.78 Å². The third kappa shape index (κ3) is 4.24. The Labute approximate surface area is 182 Å². The third-order valence-electron chi connectivity index (χ3n) is 5.68. The van der Waals surface area contributed by atoms with Gasteiger partial charge in [-0.3, -0.25) is 9.59 Å². The van der Waals surface area contributed by atoms with E-state index in [-0.39, 0.29) is 17.6 Å². The highest BCUT2D eigenvalue weighted by Crippen LogP contribution is 2.27. The number of rotatable bonds is 7. The van der Waals surface area contributed by atoms with Crippen LogP contribution in [0.1, 0.15) is 59.2 Å². The van der Waals surface area contributed by atoms with Gasteiger partial charge in [0.25, 0.3) is 5.91 Å². The molecule has 0 atom stereocenters. The number of H-pyrrole nitrogens is 1. The summed E-state index contributed by atoms with van der Waals surface area (Å²) in [6.45, 7) is 6.41. The maximum atomic E-state index is 12.8. The molecule has 0 saturated carbocycles. The summed E-state index contributed by atoms with van der Waals surface area (Å²) in [5.74, 6) is -0.0545. The van der Waals surface area contributed by atoms with Gasteiger partial charge in [-0.15, -0.1) is 0 Å². The lowest BCUT2D eigenvalue weighted by Gasteiger charge is -2.08. The molecule has 2 N–H and O–H groups in total. The zero-order valence-corrected chi connectivity index (χ0v) is 18.3. The molecule has 0 fully saturated rings. The molecule has 4 heteroatoms. The van der Waals surface area contributed by atoms with E-state index in [1.54, 1.807) is 6.07 Å². The topological polar surface area (TPSA) is 62.0 Å². The van der Waals surface area contributed by atoms with Crippen LogP contribution in [-0.2, 0) is 13.0 Å². The second kappa shape index (κ2) is 8.76. The molecular weight excluding hydrogens is 384 g/mol. The fraction of sp³-hybridized carbons (Fsp3) is 0.259. The van der Waals surface area contributed by atoms with Crippen molar-refractivity contribution in [2.45, 2.75) is 40.2 Å². The van der Waals surface area contributed by atoms with Crippen LogP contribution in [0.25, 0.3) is 21.7 Å². The van der Waals surface area contributed by atoms with Crippen LogP contribution in [0.2, 0.25) is 0 Å². The Morgan fingerprint density at radius 3 is 2.48 bits per heavy atom. The number of hydrogen-bond acceptors (Lipinski definition) is 2. The SMILES string of the molecule is CCCc1[nH]c2cc(C(=O)NCc3ccc4ccccc4c3)ccc2c1C(=O)C(C)C. The van der Waals surface area contributed by atoms with Gasteiger partial charge in [0.1, 0.15) is 0 Å². The number of amides is 1. The summed E-state index contributed by atoms with van der Waals surface area (Å²) in [7, 11) is 0. The summed E-state index contributed by atoms with van der Waals surface area (Å²) in [5, 5.41) is 6.25. The van der Waals surface area contributed by atoms with Crippen LogP contribution in [0, 0.1) is 5.92 Å². The van der Waals surface area contributed by atoms with Crippen molar-refractivity contribution >= 4 is 33.4 Å². The molecule has 31 heavy (non-hydrogen) atoms. The molecule has 4 aromatic rings. The number of aromatic amines is 1. The van der Waals surface area contributed by atoms with Crippen molar-refractivity contribution in [2.24, 2.45) is 5.92 Å². The van der Waals surface area contributed by atoms with Gasteiger partial charge in [0, 0.05) is 40.2 Å². The zero-order chi connectivity index (χ0) is 22.0. The Hall–Kier alpha value is -3.40. The Bertz CT molecular complexity index is 1270. The van der Waals surface area contributed by atoms with Crippen LogP contribution < -0.4 is 5.32 Å². The average molecular weight is 413 g/mol. The van der Waals surface area contributed by atoms with Crippen LogP contribution in [0.15, 0.2) is 60.7 Å². The molecule has 158 valence electrons. The molecule has 4 rings (SSSR count). The van der Waals surface area contributed by atoms with E-state index >= 15 is 0 Å². The lowest BCUT2D eigenvalue weighted by Crippen LogP contribution is -2.22. The van der Waals surface area contributed by atoms with E-state index in [4.69, 9.17) is 0 Å². The second-order valence-electron chi connectivity index (χ2n) is 8.37. The Kier molecular flexibility index (Phi) is 5.90. The minimum atomic E-state index is -0.126.